The van der Waals surface area contributed by atoms with Gasteiger partial charge in [0, 0.05) is 31.0 Å². The molecule has 0 saturated carbocycles. The standard InChI is InChI=1S/C19H22N4O/c1-19(2,3)14-23(11-7-10-20)18(24)16-12-21-17(22-13-16)15-8-5-4-6-9-15/h4-6,8-9,12-13H,7,11,14H2,1-3H3. The van der Waals surface area contributed by atoms with Gasteiger partial charge in [-0.3, -0.25) is 4.79 Å². The molecule has 0 unspecified atom stereocenters. The van der Waals surface area contributed by atoms with Crippen LogP contribution in [0.15, 0.2) is 42.7 Å². The number of hydrogen-bond acceptors (Lipinski definition) is 4. The summed E-state index contributed by atoms with van der Waals surface area (Å²) in [6.07, 6.45) is 3.42. The van der Waals surface area contributed by atoms with E-state index in [4.69, 9.17) is 5.26 Å². The van der Waals surface area contributed by atoms with E-state index in [1.54, 1.807) is 17.3 Å². The highest BCUT2D eigenvalue weighted by Crippen LogP contribution is 2.18. The first-order valence-electron chi connectivity index (χ1n) is 7.94. The lowest BCUT2D eigenvalue weighted by Crippen LogP contribution is -2.38. The van der Waals surface area contributed by atoms with Crippen LogP contribution < -0.4 is 0 Å². The van der Waals surface area contributed by atoms with Crippen molar-refractivity contribution in [1.29, 1.82) is 5.26 Å². The van der Waals surface area contributed by atoms with Crippen LogP contribution in [0.25, 0.3) is 11.4 Å². The second-order valence-electron chi connectivity index (χ2n) is 6.86. The number of carbonyl (C=O) groups excluding carboxylic acids is 1. The first-order chi connectivity index (χ1) is 11.4. The molecule has 0 N–H and O–H groups in total. The van der Waals surface area contributed by atoms with Gasteiger partial charge in [0.2, 0.25) is 0 Å². The third-order valence-corrected chi connectivity index (χ3v) is 3.38. The van der Waals surface area contributed by atoms with Gasteiger partial charge in [-0.1, -0.05) is 51.1 Å². The van der Waals surface area contributed by atoms with Gasteiger partial charge in [0.15, 0.2) is 5.82 Å². The monoisotopic (exact) mass is 322 g/mol. The predicted molar refractivity (Wildman–Crippen MR) is 93.1 cm³/mol. The van der Waals surface area contributed by atoms with Crippen LogP contribution in [0.3, 0.4) is 0 Å². The van der Waals surface area contributed by atoms with E-state index in [0.29, 0.717) is 30.9 Å². The zero-order chi connectivity index (χ0) is 17.6. The van der Waals surface area contributed by atoms with Gasteiger partial charge in [-0.2, -0.15) is 5.26 Å². The summed E-state index contributed by atoms with van der Waals surface area (Å²) in [6, 6.07) is 11.7. The Morgan fingerprint density at radius 2 is 1.79 bits per heavy atom. The van der Waals surface area contributed by atoms with Crippen molar-refractivity contribution < 1.29 is 4.79 Å². The number of benzene rings is 1. The fourth-order valence-corrected chi connectivity index (χ4v) is 2.37. The Labute approximate surface area is 143 Å². The fraction of sp³-hybridized carbons (Fsp3) is 0.368. The number of carbonyl (C=O) groups is 1. The van der Waals surface area contributed by atoms with Gasteiger partial charge in [0.25, 0.3) is 5.91 Å². The van der Waals surface area contributed by atoms with E-state index in [0.717, 1.165) is 5.56 Å². The van der Waals surface area contributed by atoms with Crippen LogP contribution in [0.1, 0.15) is 37.6 Å². The van der Waals surface area contributed by atoms with E-state index in [1.165, 1.54) is 0 Å². The summed E-state index contributed by atoms with van der Waals surface area (Å²) in [5.74, 6) is 0.450. The Morgan fingerprint density at radius 3 is 2.33 bits per heavy atom. The molecule has 1 amide bonds. The number of nitriles is 1. The summed E-state index contributed by atoms with van der Waals surface area (Å²) in [4.78, 5) is 23.0. The fourth-order valence-electron chi connectivity index (χ4n) is 2.37. The lowest BCUT2D eigenvalue weighted by Gasteiger charge is -2.29. The normalized spacial score (nSPS) is 10.9. The van der Waals surface area contributed by atoms with E-state index < -0.39 is 0 Å². The van der Waals surface area contributed by atoms with Crippen molar-refractivity contribution in [2.45, 2.75) is 27.2 Å². The molecule has 5 heteroatoms. The van der Waals surface area contributed by atoms with Crippen molar-refractivity contribution in [2.24, 2.45) is 5.41 Å². The van der Waals surface area contributed by atoms with E-state index >= 15 is 0 Å². The molecule has 0 spiro atoms. The first-order valence-corrected chi connectivity index (χ1v) is 7.94. The van der Waals surface area contributed by atoms with Crippen molar-refractivity contribution in [1.82, 2.24) is 14.9 Å². The molecule has 0 radical (unpaired) electrons. The Bertz CT molecular complexity index is 712. The highest BCUT2D eigenvalue weighted by Gasteiger charge is 2.22. The largest absolute Gasteiger partial charge is 0.337 e. The average Bonchev–Trinajstić information content (AvgIpc) is 2.58. The molecule has 5 nitrogen and oxygen atoms in total. The topological polar surface area (TPSA) is 69.9 Å². The molecule has 1 aromatic carbocycles. The highest BCUT2D eigenvalue weighted by molar-refractivity contribution is 5.93. The molecule has 0 aliphatic carbocycles. The van der Waals surface area contributed by atoms with Crippen molar-refractivity contribution in [3.63, 3.8) is 0 Å². The summed E-state index contributed by atoms with van der Waals surface area (Å²) >= 11 is 0. The number of amides is 1. The number of rotatable bonds is 5. The van der Waals surface area contributed by atoms with Crippen molar-refractivity contribution in [3.8, 4) is 17.5 Å². The van der Waals surface area contributed by atoms with Crippen molar-refractivity contribution in [2.75, 3.05) is 13.1 Å². The Morgan fingerprint density at radius 1 is 1.17 bits per heavy atom. The van der Waals surface area contributed by atoms with E-state index in [1.807, 2.05) is 30.3 Å². The molecule has 1 heterocycles. The number of aromatic nitrogens is 2. The minimum atomic E-state index is -0.139. The van der Waals surface area contributed by atoms with Gasteiger partial charge in [-0.05, 0) is 5.41 Å². The molecule has 1 aromatic heterocycles. The van der Waals surface area contributed by atoms with Crippen LogP contribution in [0.2, 0.25) is 0 Å². The number of nitrogens with zero attached hydrogens (tertiary/aromatic N) is 4. The Balaban J connectivity index is 2.18. The van der Waals surface area contributed by atoms with Crippen LogP contribution in [0.4, 0.5) is 0 Å². The summed E-state index contributed by atoms with van der Waals surface area (Å²) in [5.41, 5.74) is 1.31. The van der Waals surface area contributed by atoms with Crippen LogP contribution in [0, 0.1) is 16.7 Å². The SMILES string of the molecule is CC(C)(C)CN(CCC#N)C(=O)c1cnc(-c2ccccc2)nc1. The van der Waals surface area contributed by atoms with Gasteiger partial charge in [-0.25, -0.2) is 9.97 Å². The summed E-state index contributed by atoms with van der Waals surface area (Å²) in [7, 11) is 0. The second kappa shape index (κ2) is 7.69. The third kappa shape index (κ3) is 4.88. The second-order valence-corrected chi connectivity index (χ2v) is 6.86. The van der Waals surface area contributed by atoms with Gasteiger partial charge in [-0.15, -0.1) is 0 Å². The van der Waals surface area contributed by atoms with Crippen LogP contribution >= 0.6 is 0 Å². The molecule has 0 bridgehead atoms. The maximum absolute atomic E-state index is 12.7. The van der Waals surface area contributed by atoms with Gasteiger partial charge >= 0.3 is 0 Å². The Kier molecular flexibility index (Phi) is 5.64. The predicted octanol–water partition coefficient (Wildman–Crippen LogP) is 3.55. The van der Waals surface area contributed by atoms with Crippen LogP contribution in [0.5, 0.6) is 0 Å². The summed E-state index contributed by atoms with van der Waals surface area (Å²) in [5, 5.41) is 8.82. The van der Waals surface area contributed by atoms with E-state index in [9.17, 15) is 4.79 Å². The maximum Gasteiger partial charge on any atom is 0.257 e. The zero-order valence-corrected chi connectivity index (χ0v) is 14.4. The van der Waals surface area contributed by atoms with Crippen molar-refractivity contribution in [3.05, 3.63) is 48.3 Å². The lowest BCUT2D eigenvalue weighted by molar-refractivity contribution is 0.0699. The molecule has 2 rings (SSSR count). The maximum atomic E-state index is 12.7. The first kappa shape index (κ1) is 17.6. The lowest BCUT2D eigenvalue weighted by atomic mass is 9.95. The number of hydrogen-bond donors (Lipinski definition) is 0. The van der Waals surface area contributed by atoms with Gasteiger partial charge < -0.3 is 4.90 Å². The Hall–Kier alpha value is -2.74. The molecule has 124 valence electrons. The quantitative estimate of drug-likeness (QED) is 0.844. The van der Waals surface area contributed by atoms with Gasteiger partial charge in [0.1, 0.15) is 0 Å². The molecule has 0 saturated heterocycles. The van der Waals surface area contributed by atoms with Crippen LogP contribution in [-0.2, 0) is 0 Å². The van der Waals surface area contributed by atoms with E-state index in [2.05, 4.69) is 36.8 Å². The molecular formula is C19H22N4O. The van der Waals surface area contributed by atoms with E-state index in [-0.39, 0.29) is 11.3 Å². The van der Waals surface area contributed by atoms with Crippen molar-refractivity contribution >= 4 is 5.91 Å². The zero-order valence-electron chi connectivity index (χ0n) is 14.4. The highest BCUT2D eigenvalue weighted by atomic mass is 16.2. The average molecular weight is 322 g/mol. The smallest absolute Gasteiger partial charge is 0.257 e. The molecule has 0 aliphatic heterocycles. The minimum Gasteiger partial charge on any atom is -0.337 e. The van der Waals surface area contributed by atoms with Crippen LogP contribution in [-0.4, -0.2) is 33.9 Å². The minimum absolute atomic E-state index is 0.0457. The van der Waals surface area contributed by atoms with Gasteiger partial charge in [0.05, 0.1) is 18.1 Å². The molecule has 0 aliphatic rings. The molecular weight excluding hydrogens is 300 g/mol. The molecule has 24 heavy (non-hydrogen) atoms. The summed E-state index contributed by atoms with van der Waals surface area (Å²) < 4.78 is 0. The molecule has 0 atom stereocenters. The third-order valence-electron chi connectivity index (χ3n) is 3.38. The molecule has 0 fully saturated rings. The molecule has 2 aromatic rings. The summed E-state index contributed by atoms with van der Waals surface area (Å²) in [6.45, 7) is 7.18.